The van der Waals surface area contributed by atoms with Crippen molar-refractivity contribution in [2.24, 2.45) is 0 Å². The fourth-order valence-electron chi connectivity index (χ4n) is 4.79. The van der Waals surface area contributed by atoms with E-state index in [1.54, 1.807) is 16.8 Å². The molecule has 1 aliphatic carbocycles. The molecule has 0 saturated heterocycles. The first-order valence-corrected chi connectivity index (χ1v) is 11.9. The topological polar surface area (TPSA) is 107 Å². The minimum absolute atomic E-state index is 0.0958. The van der Waals surface area contributed by atoms with Gasteiger partial charge in [0.25, 0.3) is 5.91 Å². The Morgan fingerprint density at radius 1 is 1.21 bits per heavy atom. The highest BCUT2D eigenvalue weighted by Crippen LogP contribution is 2.35. The third kappa shape index (κ3) is 4.11. The number of halogens is 1. The summed E-state index contributed by atoms with van der Waals surface area (Å²) in [5.74, 6) is 0.930. The number of aryl methyl sites for hydroxylation is 1. The number of ether oxygens (including phenoxy) is 1. The molecule has 9 heteroatoms. The number of rotatable bonds is 5. The lowest BCUT2D eigenvalue weighted by Crippen LogP contribution is -2.33. The van der Waals surface area contributed by atoms with E-state index in [4.69, 9.17) is 10.5 Å². The predicted octanol–water partition coefficient (Wildman–Crippen LogP) is 4.52. The lowest BCUT2D eigenvalue weighted by molar-refractivity contribution is 0.0934. The van der Waals surface area contributed by atoms with Gasteiger partial charge in [0.05, 0.1) is 12.8 Å². The molecule has 1 fully saturated rings. The molecule has 1 aromatic carbocycles. The first-order valence-electron chi connectivity index (χ1n) is 11.1. The molecule has 4 aromatic rings. The monoisotopic (exact) mass is 520 g/mol. The van der Waals surface area contributed by atoms with Crippen molar-refractivity contribution in [3.63, 3.8) is 0 Å². The zero-order valence-corrected chi connectivity index (χ0v) is 20.5. The Labute approximate surface area is 205 Å². The van der Waals surface area contributed by atoms with Gasteiger partial charge < -0.3 is 15.8 Å². The van der Waals surface area contributed by atoms with E-state index in [2.05, 4.69) is 60.6 Å². The summed E-state index contributed by atoms with van der Waals surface area (Å²) in [7, 11) is 1.52. The number of nitrogens with two attached hydrogens (primary N) is 1. The molecular formula is C25H25BrN6O2. The van der Waals surface area contributed by atoms with Gasteiger partial charge in [-0.2, -0.15) is 5.10 Å². The molecule has 1 amide bonds. The molecule has 0 spiro atoms. The Hall–Kier alpha value is -3.46. The standard InChI is InChI=1S/C25H25BrN6O2/c1-14-9-21(32-22(14)23(27)29-13-30-32)17-11-20(25(34-2)28-12-17)24(33)31-19-8-5-16(10-19)15-3-6-18(26)7-4-15/h3-4,6-7,9,11-13,16,19H,5,8,10H2,1-2H3,(H,31,33)(H2,27,29,30)/t16-,19+/m1/s1. The molecule has 3 heterocycles. The molecule has 0 unspecified atom stereocenters. The van der Waals surface area contributed by atoms with E-state index in [0.717, 1.165) is 46.1 Å². The molecule has 0 aliphatic heterocycles. The van der Waals surface area contributed by atoms with Crippen LogP contribution in [0, 0.1) is 6.92 Å². The van der Waals surface area contributed by atoms with Gasteiger partial charge in [0.1, 0.15) is 17.4 Å². The maximum atomic E-state index is 13.3. The van der Waals surface area contributed by atoms with Crippen molar-refractivity contribution >= 4 is 33.2 Å². The first-order chi connectivity index (χ1) is 16.4. The molecule has 34 heavy (non-hydrogen) atoms. The molecule has 174 valence electrons. The van der Waals surface area contributed by atoms with E-state index in [-0.39, 0.29) is 17.8 Å². The summed E-state index contributed by atoms with van der Waals surface area (Å²) in [6.07, 6.45) is 5.97. The second-order valence-electron chi connectivity index (χ2n) is 8.63. The zero-order valence-electron chi connectivity index (χ0n) is 19.0. The molecule has 0 bridgehead atoms. The summed E-state index contributed by atoms with van der Waals surface area (Å²) in [6, 6.07) is 12.3. The molecule has 8 nitrogen and oxygen atoms in total. The number of nitrogens with zero attached hydrogens (tertiary/aromatic N) is 4. The third-order valence-corrected chi connectivity index (χ3v) is 7.00. The second kappa shape index (κ2) is 9.06. The Bertz CT molecular complexity index is 1370. The third-order valence-electron chi connectivity index (χ3n) is 6.47. The fraction of sp³-hybridized carbons (Fsp3) is 0.280. The predicted molar refractivity (Wildman–Crippen MR) is 134 cm³/mol. The highest BCUT2D eigenvalue weighted by molar-refractivity contribution is 9.10. The summed E-state index contributed by atoms with van der Waals surface area (Å²) < 4.78 is 8.20. The summed E-state index contributed by atoms with van der Waals surface area (Å²) in [5, 5.41) is 7.54. The van der Waals surface area contributed by atoms with Gasteiger partial charge in [-0.05, 0) is 67.5 Å². The van der Waals surface area contributed by atoms with Gasteiger partial charge in [-0.25, -0.2) is 14.5 Å². The molecule has 0 radical (unpaired) electrons. The average molecular weight is 521 g/mol. The molecule has 1 saturated carbocycles. The number of carbonyl (C=O) groups excluding carboxylic acids is 1. The summed E-state index contributed by atoms with van der Waals surface area (Å²) >= 11 is 3.49. The maximum Gasteiger partial charge on any atom is 0.257 e. The second-order valence-corrected chi connectivity index (χ2v) is 9.55. The molecule has 2 atom stereocenters. The van der Waals surface area contributed by atoms with Crippen LogP contribution in [0.15, 0.2) is 53.4 Å². The van der Waals surface area contributed by atoms with Crippen LogP contribution in [0.2, 0.25) is 0 Å². The number of hydrogen-bond acceptors (Lipinski definition) is 6. The maximum absolute atomic E-state index is 13.3. The van der Waals surface area contributed by atoms with Crippen molar-refractivity contribution < 1.29 is 9.53 Å². The largest absolute Gasteiger partial charge is 0.480 e. The van der Waals surface area contributed by atoms with Crippen LogP contribution in [0.25, 0.3) is 16.8 Å². The Morgan fingerprint density at radius 3 is 2.76 bits per heavy atom. The SMILES string of the molecule is COc1ncc(-c2cc(C)c3c(N)ncnn23)cc1C(=O)N[C@H]1CC[C@@H](c2ccc(Br)cc2)C1. The minimum atomic E-state index is -0.195. The molecule has 5 rings (SSSR count). The van der Waals surface area contributed by atoms with E-state index in [0.29, 0.717) is 17.3 Å². The smallest absolute Gasteiger partial charge is 0.257 e. The van der Waals surface area contributed by atoms with Gasteiger partial charge in [-0.15, -0.1) is 0 Å². The van der Waals surface area contributed by atoms with E-state index < -0.39 is 0 Å². The number of aromatic nitrogens is 4. The number of hydrogen-bond donors (Lipinski definition) is 2. The van der Waals surface area contributed by atoms with Gasteiger partial charge in [-0.1, -0.05) is 28.1 Å². The Kier molecular flexibility index (Phi) is 5.95. The van der Waals surface area contributed by atoms with Crippen molar-refractivity contribution in [2.75, 3.05) is 12.8 Å². The normalized spacial score (nSPS) is 17.7. The summed E-state index contributed by atoms with van der Waals surface area (Å²) in [5.41, 5.74) is 11.0. The van der Waals surface area contributed by atoms with E-state index in [9.17, 15) is 4.79 Å². The highest BCUT2D eigenvalue weighted by Gasteiger charge is 2.28. The van der Waals surface area contributed by atoms with Crippen molar-refractivity contribution in [3.05, 3.63) is 70.1 Å². The number of nitrogens with one attached hydrogen (secondary N) is 1. The lowest BCUT2D eigenvalue weighted by atomic mass is 9.97. The fourth-order valence-corrected chi connectivity index (χ4v) is 5.05. The average Bonchev–Trinajstić information content (AvgIpc) is 3.44. The number of nitrogen functional groups attached to an aromatic ring is 1. The Morgan fingerprint density at radius 2 is 2.00 bits per heavy atom. The van der Waals surface area contributed by atoms with Gasteiger partial charge in [0.15, 0.2) is 5.82 Å². The number of anilines is 1. The molecule has 1 aliphatic rings. The van der Waals surface area contributed by atoms with Crippen molar-refractivity contribution in [3.8, 4) is 17.1 Å². The lowest BCUT2D eigenvalue weighted by Gasteiger charge is -2.15. The van der Waals surface area contributed by atoms with E-state index in [1.165, 1.54) is 19.0 Å². The first kappa shape index (κ1) is 22.3. The van der Waals surface area contributed by atoms with Gasteiger partial charge in [0, 0.05) is 22.3 Å². The van der Waals surface area contributed by atoms with Crippen LogP contribution in [0.5, 0.6) is 5.88 Å². The van der Waals surface area contributed by atoms with Crippen LogP contribution in [0.1, 0.15) is 46.7 Å². The van der Waals surface area contributed by atoms with Crippen molar-refractivity contribution in [2.45, 2.75) is 38.1 Å². The van der Waals surface area contributed by atoms with E-state index in [1.807, 2.05) is 13.0 Å². The number of carbonyl (C=O) groups is 1. The Balaban J connectivity index is 1.40. The highest BCUT2D eigenvalue weighted by atomic mass is 79.9. The quantitative estimate of drug-likeness (QED) is 0.400. The summed E-state index contributed by atoms with van der Waals surface area (Å²) in [6.45, 7) is 1.95. The molecule has 3 N–H and O–H groups in total. The number of fused-ring (bicyclic) bond motifs is 1. The van der Waals surface area contributed by atoms with E-state index >= 15 is 0 Å². The van der Waals surface area contributed by atoms with Gasteiger partial charge >= 0.3 is 0 Å². The molecular weight excluding hydrogens is 496 g/mol. The molecule has 3 aromatic heterocycles. The van der Waals surface area contributed by atoms with Crippen LogP contribution < -0.4 is 15.8 Å². The van der Waals surface area contributed by atoms with Crippen LogP contribution in [-0.2, 0) is 0 Å². The van der Waals surface area contributed by atoms with Gasteiger partial charge in [-0.3, -0.25) is 4.79 Å². The van der Waals surface area contributed by atoms with Crippen LogP contribution in [-0.4, -0.2) is 38.6 Å². The van der Waals surface area contributed by atoms with Crippen LogP contribution in [0.3, 0.4) is 0 Å². The van der Waals surface area contributed by atoms with Crippen molar-refractivity contribution in [1.82, 2.24) is 24.9 Å². The van der Waals surface area contributed by atoms with Crippen molar-refractivity contribution in [1.29, 1.82) is 0 Å². The van der Waals surface area contributed by atoms with Crippen LogP contribution >= 0.6 is 15.9 Å². The van der Waals surface area contributed by atoms with Crippen LogP contribution in [0.4, 0.5) is 5.82 Å². The summed E-state index contributed by atoms with van der Waals surface area (Å²) in [4.78, 5) is 21.8. The zero-order chi connectivity index (χ0) is 23.8. The number of methoxy groups -OCH3 is 1. The number of pyridine rings is 1. The number of amides is 1. The number of benzene rings is 1. The minimum Gasteiger partial charge on any atom is -0.480 e. The van der Waals surface area contributed by atoms with Gasteiger partial charge in [0.2, 0.25) is 5.88 Å².